The fraction of sp³-hybridized carbons (Fsp3) is 0.0200. The van der Waals surface area contributed by atoms with Crippen molar-refractivity contribution in [1.82, 2.24) is 29.5 Å². The van der Waals surface area contributed by atoms with Crippen molar-refractivity contribution in [3.8, 4) is 73.8 Å². The van der Waals surface area contributed by atoms with Crippen LogP contribution in [-0.4, -0.2) is 29.5 Å². The van der Waals surface area contributed by atoms with Gasteiger partial charge in [-0.2, -0.15) is 13.2 Å². The summed E-state index contributed by atoms with van der Waals surface area (Å²) in [6.45, 7) is 0. The van der Waals surface area contributed by atoms with Gasteiger partial charge >= 0.3 is 6.18 Å². The van der Waals surface area contributed by atoms with Crippen molar-refractivity contribution in [3.63, 3.8) is 0 Å². The first kappa shape index (κ1) is 35.6. The van der Waals surface area contributed by atoms with Gasteiger partial charge in [0.05, 0.1) is 33.7 Å². The Morgan fingerprint density at radius 2 is 0.831 bits per heavy atom. The molecule has 0 amide bonds. The zero-order chi connectivity index (χ0) is 39.9. The van der Waals surface area contributed by atoms with E-state index in [1.54, 1.807) is 6.07 Å². The summed E-state index contributed by atoms with van der Waals surface area (Å²) in [6, 6.07) is 58.3. The quantitative estimate of drug-likeness (QED) is 0.161. The molecule has 10 rings (SSSR count). The molecule has 0 spiro atoms. The third-order valence-electron chi connectivity index (χ3n) is 10.3. The standard InChI is InChI=1S/C50H31F3N6/c51-50(52,53)37-26-27-39-38-23-13-14-24-43(38)59(45(39)30-37)44-28-25-36(49-57-47(34-19-9-3-10-20-34)56-48(58-49)35-21-11-4-12-22-35)29-40(44)42-31-41(32-15-5-1-6-16-32)54-46(55-42)33-17-7-2-8-18-33/h1-31H. The first-order chi connectivity index (χ1) is 28.9. The molecule has 3 aromatic heterocycles. The molecule has 10 aromatic rings. The molecular formula is C50H31F3N6. The fourth-order valence-electron chi connectivity index (χ4n) is 7.48. The fourth-order valence-corrected chi connectivity index (χ4v) is 7.48. The second-order valence-electron chi connectivity index (χ2n) is 14.0. The summed E-state index contributed by atoms with van der Waals surface area (Å²) < 4.78 is 45.0. The van der Waals surface area contributed by atoms with Crippen LogP contribution < -0.4 is 0 Å². The van der Waals surface area contributed by atoms with Crippen molar-refractivity contribution in [1.29, 1.82) is 0 Å². The topological polar surface area (TPSA) is 69.4 Å². The van der Waals surface area contributed by atoms with Crippen LogP contribution in [0.3, 0.4) is 0 Å². The van der Waals surface area contributed by atoms with Crippen molar-refractivity contribution >= 4 is 21.8 Å². The molecule has 0 atom stereocenters. The van der Waals surface area contributed by atoms with Gasteiger partial charge in [0.15, 0.2) is 23.3 Å². The van der Waals surface area contributed by atoms with Crippen molar-refractivity contribution in [2.45, 2.75) is 6.18 Å². The highest BCUT2D eigenvalue weighted by Gasteiger charge is 2.31. The number of hydrogen-bond acceptors (Lipinski definition) is 5. The average molecular weight is 773 g/mol. The normalized spacial score (nSPS) is 11.6. The van der Waals surface area contributed by atoms with Gasteiger partial charge in [-0.15, -0.1) is 0 Å². The van der Waals surface area contributed by atoms with E-state index in [1.807, 2.05) is 174 Å². The lowest BCUT2D eigenvalue weighted by molar-refractivity contribution is -0.137. The maximum absolute atomic E-state index is 14.4. The number of aromatic nitrogens is 6. The average Bonchev–Trinajstić information content (AvgIpc) is 3.63. The molecule has 6 nitrogen and oxygen atoms in total. The molecule has 0 aliphatic rings. The maximum atomic E-state index is 14.4. The summed E-state index contributed by atoms with van der Waals surface area (Å²) >= 11 is 0. The van der Waals surface area contributed by atoms with Crippen molar-refractivity contribution in [2.75, 3.05) is 0 Å². The van der Waals surface area contributed by atoms with E-state index in [0.717, 1.165) is 39.2 Å². The van der Waals surface area contributed by atoms with E-state index in [4.69, 9.17) is 24.9 Å². The van der Waals surface area contributed by atoms with Crippen molar-refractivity contribution in [3.05, 3.63) is 194 Å². The third-order valence-corrected chi connectivity index (χ3v) is 10.3. The summed E-state index contributed by atoms with van der Waals surface area (Å²) in [5.74, 6) is 1.93. The van der Waals surface area contributed by atoms with Crippen LogP contribution in [0.15, 0.2) is 188 Å². The van der Waals surface area contributed by atoms with E-state index < -0.39 is 11.7 Å². The predicted molar refractivity (Wildman–Crippen MR) is 227 cm³/mol. The van der Waals surface area contributed by atoms with Crippen LogP contribution in [0.5, 0.6) is 0 Å². The van der Waals surface area contributed by atoms with E-state index in [2.05, 4.69) is 0 Å². The Labute approximate surface area is 337 Å². The highest BCUT2D eigenvalue weighted by atomic mass is 19.4. The van der Waals surface area contributed by atoms with E-state index in [1.165, 1.54) is 6.07 Å². The molecular weight excluding hydrogens is 742 g/mol. The summed E-state index contributed by atoms with van der Waals surface area (Å²) in [4.78, 5) is 25.1. The van der Waals surface area contributed by atoms with E-state index in [0.29, 0.717) is 62.4 Å². The number of hydrogen-bond donors (Lipinski definition) is 0. The molecule has 0 aliphatic heterocycles. The van der Waals surface area contributed by atoms with Gasteiger partial charge in [-0.05, 0) is 42.5 Å². The first-order valence-electron chi connectivity index (χ1n) is 19.0. The van der Waals surface area contributed by atoms with Crippen molar-refractivity contribution in [2.24, 2.45) is 0 Å². The Morgan fingerprint density at radius 3 is 1.41 bits per heavy atom. The number of benzene rings is 7. The molecule has 59 heavy (non-hydrogen) atoms. The van der Waals surface area contributed by atoms with Gasteiger partial charge in [0.25, 0.3) is 0 Å². The molecule has 0 saturated heterocycles. The minimum Gasteiger partial charge on any atom is -0.309 e. The van der Waals surface area contributed by atoms with Crippen molar-refractivity contribution < 1.29 is 13.2 Å². The lowest BCUT2D eigenvalue weighted by atomic mass is 10.0. The monoisotopic (exact) mass is 772 g/mol. The Kier molecular flexibility index (Phi) is 8.83. The lowest BCUT2D eigenvalue weighted by Crippen LogP contribution is -2.06. The summed E-state index contributed by atoms with van der Waals surface area (Å²) in [6.07, 6.45) is -4.55. The number of nitrogens with zero attached hydrogens (tertiary/aromatic N) is 6. The van der Waals surface area contributed by atoms with Crippen LogP contribution >= 0.6 is 0 Å². The number of alkyl halides is 3. The number of rotatable bonds is 7. The van der Waals surface area contributed by atoms with Gasteiger partial charge < -0.3 is 4.57 Å². The summed E-state index contributed by atoms with van der Waals surface area (Å²) in [7, 11) is 0. The molecule has 0 N–H and O–H groups in total. The molecule has 7 aromatic carbocycles. The van der Waals surface area contributed by atoms with E-state index in [-0.39, 0.29) is 0 Å². The molecule has 3 heterocycles. The summed E-state index contributed by atoms with van der Waals surface area (Å²) in [5.41, 5.74) is 6.94. The molecule has 0 aliphatic carbocycles. The smallest absolute Gasteiger partial charge is 0.309 e. The maximum Gasteiger partial charge on any atom is 0.416 e. The predicted octanol–water partition coefficient (Wildman–Crippen LogP) is 12.8. The number of halogens is 3. The second kappa shape index (κ2) is 14.6. The molecule has 0 radical (unpaired) electrons. The summed E-state index contributed by atoms with van der Waals surface area (Å²) in [5, 5.41) is 1.51. The minimum absolute atomic E-state index is 0.411. The van der Waals surface area contributed by atoms with Crippen LogP contribution in [0.1, 0.15) is 5.56 Å². The molecule has 9 heteroatoms. The van der Waals surface area contributed by atoms with E-state index in [9.17, 15) is 13.2 Å². The SMILES string of the molecule is FC(F)(F)c1ccc2c3ccccc3n(-c3ccc(-c4nc(-c5ccccc5)nc(-c5ccccc5)n4)cc3-c3cc(-c4ccccc4)nc(-c4ccccc4)n3)c2c1. The molecule has 0 saturated carbocycles. The largest absolute Gasteiger partial charge is 0.416 e. The molecule has 0 bridgehead atoms. The zero-order valence-corrected chi connectivity index (χ0v) is 31.2. The van der Waals surface area contributed by atoms with Gasteiger partial charge in [-0.1, -0.05) is 146 Å². The third kappa shape index (κ3) is 6.78. The molecule has 0 unspecified atom stereocenters. The zero-order valence-electron chi connectivity index (χ0n) is 31.2. The van der Waals surface area contributed by atoms with Gasteiger partial charge in [0.2, 0.25) is 0 Å². The van der Waals surface area contributed by atoms with E-state index >= 15 is 0 Å². The van der Waals surface area contributed by atoms with Crippen LogP contribution in [0.25, 0.3) is 95.6 Å². The minimum atomic E-state index is -4.55. The highest BCUT2D eigenvalue weighted by Crippen LogP contribution is 2.41. The van der Waals surface area contributed by atoms with Gasteiger partial charge in [0, 0.05) is 44.2 Å². The second-order valence-corrected chi connectivity index (χ2v) is 14.0. The first-order valence-corrected chi connectivity index (χ1v) is 19.0. The Bertz CT molecular complexity index is 3020. The van der Waals surface area contributed by atoms with Crippen LogP contribution in [0, 0.1) is 0 Å². The highest BCUT2D eigenvalue weighted by molar-refractivity contribution is 6.10. The van der Waals surface area contributed by atoms with Crippen LogP contribution in [0.2, 0.25) is 0 Å². The molecule has 282 valence electrons. The van der Waals surface area contributed by atoms with Gasteiger partial charge in [0.1, 0.15) is 0 Å². The lowest BCUT2D eigenvalue weighted by Gasteiger charge is -2.17. The number of fused-ring (bicyclic) bond motifs is 3. The number of para-hydroxylation sites is 1. The Hall–Kier alpha value is -7.78. The Balaban J connectivity index is 1.28. The van der Waals surface area contributed by atoms with Crippen LogP contribution in [-0.2, 0) is 6.18 Å². The van der Waals surface area contributed by atoms with Gasteiger partial charge in [-0.3, -0.25) is 0 Å². The van der Waals surface area contributed by atoms with Gasteiger partial charge in [-0.25, -0.2) is 24.9 Å². The van der Waals surface area contributed by atoms with Crippen LogP contribution in [0.4, 0.5) is 13.2 Å². The Morgan fingerprint density at radius 1 is 0.356 bits per heavy atom. The molecule has 0 fully saturated rings.